The van der Waals surface area contributed by atoms with Gasteiger partial charge in [0.15, 0.2) is 0 Å². The van der Waals surface area contributed by atoms with Crippen LogP contribution in [0.25, 0.3) is 0 Å². The number of carbonyl (C=O) groups excluding carboxylic acids is 3. The molecule has 2 saturated heterocycles. The minimum Gasteiger partial charge on any atom is -0.356 e. The number of aryl methyl sites for hydroxylation is 1. The first-order valence-electron chi connectivity index (χ1n) is 10.7. The number of hydrogen-bond donors (Lipinski definition) is 1. The van der Waals surface area contributed by atoms with Crippen LogP contribution in [0, 0.1) is 5.92 Å². The van der Waals surface area contributed by atoms with Crippen LogP contribution in [0.15, 0.2) is 36.4 Å². The monoisotopic (exact) mass is 459 g/mol. The molecule has 6 nitrogen and oxygen atoms in total. The molecule has 2 aliphatic rings. The van der Waals surface area contributed by atoms with Crippen LogP contribution in [0.4, 0.5) is 11.4 Å². The van der Waals surface area contributed by atoms with E-state index in [1.54, 1.807) is 4.90 Å². The number of halogens is 1. The van der Waals surface area contributed by atoms with Crippen LogP contribution < -0.4 is 15.1 Å². The van der Waals surface area contributed by atoms with Gasteiger partial charge in [-0.3, -0.25) is 14.4 Å². The lowest BCUT2D eigenvalue weighted by molar-refractivity contribution is -0.121. The molecule has 0 spiro atoms. The molecule has 4 rings (SSSR count). The molecule has 1 atom stereocenters. The van der Waals surface area contributed by atoms with Crippen molar-refractivity contribution in [3.63, 3.8) is 0 Å². The smallest absolute Gasteiger partial charge is 0.227 e. The summed E-state index contributed by atoms with van der Waals surface area (Å²) in [7, 11) is 0. The van der Waals surface area contributed by atoms with Crippen molar-refractivity contribution in [2.45, 2.75) is 38.5 Å². The standard InChI is InChI=1S/C23H26ClN3O3S/c24-20-10-8-19(31-20)9-11-21(28)25-14-16-13-23(30)27(15-16)18-6-4-17(5-7-18)26-12-2-1-3-22(26)29/h4-8,10,16H,1-3,9,11-15H2,(H,25,28). The number of rotatable bonds is 7. The summed E-state index contributed by atoms with van der Waals surface area (Å²) in [5.74, 6) is 0.311. The van der Waals surface area contributed by atoms with Crippen molar-refractivity contribution >= 4 is 52.0 Å². The van der Waals surface area contributed by atoms with Crippen LogP contribution in [0.3, 0.4) is 0 Å². The molecule has 3 amide bonds. The maximum atomic E-state index is 12.5. The third-order valence-corrected chi connectivity index (χ3v) is 7.11. The van der Waals surface area contributed by atoms with Crippen LogP contribution in [0.2, 0.25) is 4.34 Å². The Morgan fingerprint density at radius 3 is 2.45 bits per heavy atom. The van der Waals surface area contributed by atoms with Crippen LogP contribution in [-0.4, -0.2) is 37.4 Å². The SMILES string of the molecule is O=C(CCc1ccc(Cl)s1)NCC1CC(=O)N(c2ccc(N3CCCCC3=O)cc2)C1. The van der Waals surface area contributed by atoms with Crippen molar-refractivity contribution in [3.05, 3.63) is 45.6 Å². The molecular weight excluding hydrogens is 434 g/mol. The van der Waals surface area contributed by atoms with Gasteiger partial charge in [-0.25, -0.2) is 0 Å². The molecule has 2 aromatic rings. The normalized spacial score (nSPS) is 19.2. The first-order chi connectivity index (χ1) is 15.0. The van der Waals surface area contributed by atoms with Crippen molar-refractivity contribution < 1.29 is 14.4 Å². The Morgan fingerprint density at radius 1 is 1.03 bits per heavy atom. The second-order valence-corrected chi connectivity index (χ2v) is 9.90. The Kier molecular flexibility index (Phi) is 6.92. The first kappa shape index (κ1) is 21.8. The Hall–Kier alpha value is -2.38. The van der Waals surface area contributed by atoms with Gasteiger partial charge in [-0.1, -0.05) is 11.6 Å². The van der Waals surface area contributed by atoms with Gasteiger partial charge in [-0.15, -0.1) is 11.3 Å². The number of hydrogen-bond acceptors (Lipinski definition) is 4. The average molecular weight is 460 g/mol. The molecule has 0 saturated carbocycles. The van der Waals surface area contributed by atoms with E-state index >= 15 is 0 Å². The van der Waals surface area contributed by atoms with Gasteiger partial charge in [0.05, 0.1) is 4.34 Å². The fraction of sp³-hybridized carbons (Fsp3) is 0.435. The summed E-state index contributed by atoms with van der Waals surface area (Å²) in [5.41, 5.74) is 1.72. The lowest BCUT2D eigenvalue weighted by Gasteiger charge is -2.27. The topological polar surface area (TPSA) is 69.7 Å². The summed E-state index contributed by atoms with van der Waals surface area (Å²) in [4.78, 5) is 41.5. The maximum Gasteiger partial charge on any atom is 0.227 e. The molecule has 1 unspecified atom stereocenters. The summed E-state index contributed by atoms with van der Waals surface area (Å²) < 4.78 is 0.732. The predicted octanol–water partition coefficient (Wildman–Crippen LogP) is 4.02. The van der Waals surface area contributed by atoms with Crippen molar-refractivity contribution in [2.75, 3.05) is 29.4 Å². The average Bonchev–Trinajstić information content (AvgIpc) is 3.36. The number of benzene rings is 1. The van der Waals surface area contributed by atoms with Crippen molar-refractivity contribution in [1.82, 2.24) is 5.32 Å². The van der Waals surface area contributed by atoms with Crippen LogP contribution in [-0.2, 0) is 20.8 Å². The minimum atomic E-state index is -0.00836. The van der Waals surface area contributed by atoms with Gasteiger partial charge in [0, 0.05) is 61.1 Å². The lowest BCUT2D eigenvalue weighted by atomic mass is 10.1. The zero-order chi connectivity index (χ0) is 21.8. The highest BCUT2D eigenvalue weighted by molar-refractivity contribution is 7.16. The third-order valence-electron chi connectivity index (χ3n) is 5.82. The zero-order valence-corrected chi connectivity index (χ0v) is 18.9. The number of amides is 3. The van der Waals surface area contributed by atoms with Gasteiger partial charge in [0.25, 0.3) is 0 Å². The second-order valence-electron chi connectivity index (χ2n) is 8.10. The van der Waals surface area contributed by atoms with Crippen LogP contribution in [0.5, 0.6) is 0 Å². The number of anilines is 2. The molecule has 1 N–H and O–H groups in total. The molecule has 31 heavy (non-hydrogen) atoms. The minimum absolute atomic E-state index is 0.00836. The number of piperidine rings is 1. The van der Waals surface area contributed by atoms with E-state index in [-0.39, 0.29) is 23.6 Å². The third kappa shape index (κ3) is 5.46. The Labute approximate surface area is 191 Å². The molecule has 0 radical (unpaired) electrons. The van der Waals surface area contributed by atoms with E-state index < -0.39 is 0 Å². The molecule has 1 aromatic carbocycles. The first-order valence-corrected chi connectivity index (χ1v) is 11.9. The molecular formula is C23H26ClN3O3S. The molecule has 0 bridgehead atoms. The number of thiophene rings is 1. The van der Waals surface area contributed by atoms with Gasteiger partial charge < -0.3 is 15.1 Å². The quantitative estimate of drug-likeness (QED) is 0.679. The highest BCUT2D eigenvalue weighted by Crippen LogP contribution is 2.28. The number of carbonyl (C=O) groups is 3. The Balaban J connectivity index is 1.27. The lowest BCUT2D eigenvalue weighted by Crippen LogP contribution is -2.35. The van der Waals surface area contributed by atoms with E-state index in [0.717, 1.165) is 40.0 Å². The van der Waals surface area contributed by atoms with E-state index in [1.165, 1.54) is 11.3 Å². The van der Waals surface area contributed by atoms with Gasteiger partial charge in [-0.05, 0) is 55.7 Å². The van der Waals surface area contributed by atoms with Gasteiger partial charge in [0.2, 0.25) is 17.7 Å². The van der Waals surface area contributed by atoms with Gasteiger partial charge >= 0.3 is 0 Å². The van der Waals surface area contributed by atoms with Gasteiger partial charge in [0.1, 0.15) is 0 Å². The summed E-state index contributed by atoms with van der Waals surface area (Å²) in [6.07, 6.45) is 4.08. The maximum absolute atomic E-state index is 12.5. The fourth-order valence-electron chi connectivity index (χ4n) is 4.13. The highest BCUT2D eigenvalue weighted by Gasteiger charge is 2.31. The van der Waals surface area contributed by atoms with Gasteiger partial charge in [-0.2, -0.15) is 0 Å². The summed E-state index contributed by atoms with van der Waals surface area (Å²) in [5, 5.41) is 2.96. The molecule has 8 heteroatoms. The van der Waals surface area contributed by atoms with E-state index in [2.05, 4.69) is 5.32 Å². The summed E-state index contributed by atoms with van der Waals surface area (Å²) in [6, 6.07) is 11.4. The molecule has 164 valence electrons. The van der Waals surface area contributed by atoms with E-state index in [4.69, 9.17) is 11.6 Å². The van der Waals surface area contributed by atoms with Crippen molar-refractivity contribution in [1.29, 1.82) is 0 Å². The molecule has 3 heterocycles. The molecule has 2 fully saturated rings. The number of nitrogens with one attached hydrogen (secondary N) is 1. The summed E-state index contributed by atoms with van der Waals surface area (Å²) >= 11 is 7.41. The highest BCUT2D eigenvalue weighted by atomic mass is 35.5. The zero-order valence-electron chi connectivity index (χ0n) is 17.3. The summed E-state index contributed by atoms with van der Waals surface area (Å²) in [6.45, 7) is 1.83. The molecule has 1 aromatic heterocycles. The molecule has 2 aliphatic heterocycles. The van der Waals surface area contributed by atoms with E-state index in [1.807, 2.05) is 41.3 Å². The van der Waals surface area contributed by atoms with Crippen LogP contribution in [0.1, 0.15) is 37.0 Å². The second kappa shape index (κ2) is 9.83. The van der Waals surface area contributed by atoms with Crippen molar-refractivity contribution in [2.24, 2.45) is 5.92 Å². The van der Waals surface area contributed by atoms with Crippen molar-refractivity contribution in [3.8, 4) is 0 Å². The van der Waals surface area contributed by atoms with Crippen LogP contribution >= 0.6 is 22.9 Å². The largest absolute Gasteiger partial charge is 0.356 e. The Morgan fingerprint density at radius 2 is 1.77 bits per heavy atom. The van der Waals surface area contributed by atoms with E-state index in [0.29, 0.717) is 38.8 Å². The Bertz CT molecular complexity index is 959. The van der Waals surface area contributed by atoms with E-state index in [9.17, 15) is 14.4 Å². The predicted molar refractivity (Wildman–Crippen MR) is 124 cm³/mol. The number of nitrogens with zero attached hydrogens (tertiary/aromatic N) is 2. The molecule has 0 aliphatic carbocycles. The fourth-order valence-corrected chi connectivity index (χ4v) is 5.22.